The molecule has 0 spiro atoms. The van der Waals surface area contributed by atoms with Crippen molar-refractivity contribution in [3.63, 3.8) is 0 Å². The molecule has 0 amide bonds. The molecule has 2 rings (SSSR count). The van der Waals surface area contributed by atoms with E-state index in [0.717, 1.165) is 5.75 Å². The normalized spacial score (nSPS) is 11.8. The molecule has 0 saturated heterocycles. The highest BCUT2D eigenvalue weighted by Gasteiger charge is 2.00. The summed E-state index contributed by atoms with van der Waals surface area (Å²) in [7, 11) is 1.68. The van der Waals surface area contributed by atoms with Crippen LogP contribution in [-0.4, -0.2) is 13.7 Å². The van der Waals surface area contributed by atoms with Crippen LogP contribution in [0, 0.1) is 0 Å². The standard InChI is InChI=1S/C15H17NO/c1-11(7-8-16)12-3-4-14-10-15(17-2)6-5-13(14)9-12/h3-7,9-10H,8,16H2,1-2H3. The number of hydrogen-bond donors (Lipinski definition) is 1. The van der Waals surface area contributed by atoms with Crippen molar-refractivity contribution in [2.45, 2.75) is 6.92 Å². The van der Waals surface area contributed by atoms with Gasteiger partial charge in [0.05, 0.1) is 7.11 Å². The van der Waals surface area contributed by atoms with E-state index in [2.05, 4.69) is 31.2 Å². The second kappa shape index (κ2) is 5.02. The lowest BCUT2D eigenvalue weighted by molar-refractivity contribution is 0.415. The molecule has 2 heteroatoms. The molecule has 0 saturated carbocycles. The molecule has 0 unspecified atom stereocenters. The van der Waals surface area contributed by atoms with Crippen molar-refractivity contribution >= 4 is 16.3 Å². The van der Waals surface area contributed by atoms with E-state index in [0.29, 0.717) is 6.54 Å². The Bertz CT molecular complexity index is 558. The molecular formula is C15H17NO. The third-order valence-electron chi connectivity index (χ3n) is 2.93. The summed E-state index contributed by atoms with van der Waals surface area (Å²) in [6.45, 7) is 2.66. The van der Waals surface area contributed by atoms with Gasteiger partial charge < -0.3 is 10.5 Å². The Morgan fingerprint density at radius 1 is 1.18 bits per heavy atom. The Morgan fingerprint density at radius 3 is 2.59 bits per heavy atom. The first-order valence-corrected chi connectivity index (χ1v) is 5.69. The van der Waals surface area contributed by atoms with Gasteiger partial charge in [0.25, 0.3) is 0 Å². The minimum atomic E-state index is 0.576. The first-order valence-electron chi connectivity index (χ1n) is 5.69. The Labute approximate surface area is 102 Å². The van der Waals surface area contributed by atoms with Gasteiger partial charge in [-0.15, -0.1) is 0 Å². The summed E-state index contributed by atoms with van der Waals surface area (Å²) in [5.41, 5.74) is 7.95. The maximum Gasteiger partial charge on any atom is 0.119 e. The van der Waals surface area contributed by atoms with E-state index in [1.807, 2.05) is 18.2 Å². The first kappa shape index (κ1) is 11.7. The Hall–Kier alpha value is -1.80. The first-order chi connectivity index (χ1) is 8.24. The number of methoxy groups -OCH3 is 1. The van der Waals surface area contributed by atoms with E-state index >= 15 is 0 Å². The molecule has 0 aliphatic rings. The minimum Gasteiger partial charge on any atom is -0.497 e. The van der Waals surface area contributed by atoms with E-state index in [1.165, 1.54) is 21.9 Å². The van der Waals surface area contributed by atoms with Crippen LogP contribution in [0.2, 0.25) is 0 Å². The monoisotopic (exact) mass is 227 g/mol. The molecule has 0 heterocycles. The zero-order valence-electron chi connectivity index (χ0n) is 10.2. The minimum absolute atomic E-state index is 0.576. The van der Waals surface area contributed by atoms with E-state index in [-0.39, 0.29) is 0 Å². The topological polar surface area (TPSA) is 35.2 Å². The van der Waals surface area contributed by atoms with E-state index < -0.39 is 0 Å². The van der Waals surface area contributed by atoms with Crippen molar-refractivity contribution < 1.29 is 4.74 Å². The zero-order valence-corrected chi connectivity index (χ0v) is 10.2. The summed E-state index contributed by atoms with van der Waals surface area (Å²) < 4.78 is 5.21. The van der Waals surface area contributed by atoms with Crippen molar-refractivity contribution in [3.05, 3.63) is 48.0 Å². The summed E-state index contributed by atoms with van der Waals surface area (Å²) in [6, 6.07) is 12.5. The lowest BCUT2D eigenvalue weighted by atomic mass is 10.0. The van der Waals surface area contributed by atoms with Gasteiger partial charge in [0.1, 0.15) is 5.75 Å². The summed E-state index contributed by atoms with van der Waals surface area (Å²) in [5, 5.41) is 2.40. The number of fused-ring (bicyclic) bond motifs is 1. The molecule has 2 nitrogen and oxygen atoms in total. The number of allylic oxidation sites excluding steroid dienone is 1. The van der Waals surface area contributed by atoms with Gasteiger partial charge in [-0.2, -0.15) is 0 Å². The average Bonchev–Trinajstić information content (AvgIpc) is 2.37. The maximum atomic E-state index is 5.52. The summed E-state index contributed by atoms with van der Waals surface area (Å²) in [6.07, 6.45) is 2.03. The maximum absolute atomic E-state index is 5.52. The van der Waals surface area contributed by atoms with Crippen LogP contribution in [0.15, 0.2) is 42.5 Å². The predicted molar refractivity (Wildman–Crippen MR) is 73.2 cm³/mol. The molecule has 0 atom stereocenters. The number of ether oxygens (including phenoxy) is 1. The van der Waals surface area contributed by atoms with Gasteiger partial charge in [0, 0.05) is 6.54 Å². The average molecular weight is 227 g/mol. The number of hydrogen-bond acceptors (Lipinski definition) is 2. The molecule has 2 aromatic rings. The highest BCUT2D eigenvalue weighted by atomic mass is 16.5. The number of benzene rings is 2. The highest BCUT2D eigenvalue weighted by molar-refractivity contribution is 5.87. The molecule has 2 aromatic carbocycles. The van der Waals surface area contributed by atoms with Crippen molar-refractivity contribution in [2.75, 3.05) is 13.7 Å². The fourth-order valence-corrected chi connectivity index (χ4v) is 1.89. The highest BCUT2D eigenvalue weighted by Crippen LogP contribution is 2.24. The molecule has 0 aromatic heterocycles. The zero-order chi connectivity index (χ0) is 12.3. The fourth-order valence-electron chi connectivity index (χ4n) is 1.89. The van der Waals surface area contributed by atoms with Gasteiger partial charge in [-0.3, -0.25) is 0 Å². The molecular weight excluding hydrogens is 210 g/mol. The van der Waals surface area contributed by atoms with Crippen LogP contribution in [0.3, 0.4) is 0 Å². The van der Waals surface area contributed by atoms with Crippen LogP contribution >= 0.6 is 0 Å². The molecule has 17 heavy (non-hydrogen) atoms. The molecule has 0 aliphatic carbocycles. The largest absolute Gasteiger partial charge is 0.497 e. The summed E-state index contributed by atoms with van der Waals surface area (Å²) in [5.74, 6) is 0.888. The molecule has 0 aliphatic heterocycles. The van der Waals surface area contributed by atoms with Crippen LogP contribution < -0.4 is 10.5 Å². The second-order valence-corrected chi connectivity index (χ2v) is 4.05. The van der Waals surface area contributed by atoms with Crippen molar-refractivity contribution in [2.24, 2.45) is 5.73 Å². The lowest BCUT2D eigenvalue weighted by Crippen LogP contribution is -1.94. The lowest BCUT2D eigenvalue weighted by Gasteiger charge is -2.06. The van der Waals surface area contributed by atoms with Gasteiger partial charge in [-0.05, 0) is 47.0 Å². The van der Waals surface area contributed by atoms with Gasteiger partial charge in [0.2, 0.25) is 0 Å². The molecule has 2 N–H and O–H groups in total. The molecule has 0 fully saturated rings. The number of nitrogens with two attached hydrogens (primary N) is 1. The third-order valence-corrected chi connectivity index (χ3v) is 2.93. The molecule has 0 bridgehead atoms. The van der Waals surface area contributed by atoms with Crippen LogP contribution in [0.4, 0.5) is 0 Å². The Kier molecular flexibility index (Phi) is 3.45. The molecule has 88 valence electrons. The Balaban J connectivity index is 2.48. The van der Waals surface area contributed by atoms with Crippen molar-refractivity contribution in [1.29, 1.82) is 0 Å². The molecule has 0 radical (unpaired) electrons. The summed E-state index contributed by atoms with van der Waals surface area (Å²) in [4.78, 5) is 0. The van der Waals surface area contributed by atoms with Gasteiger partial charge in [-0.1, -0.05) is 24.3 Å². The number of rotatable bonds is 3. The van der Waals surface area contributed by atoms with Crippen LogP contribution in [0.1, 0.15) is 12.5 Å². The summed E-state index contributed by atoms with van der Waals surface area (Å²) >= 11 is 0. The third kappa shape index (κ3) is 2.48. The van der Waals surface area contributed by atoms with Crippen molar-refractivity contribution in [1.82, 2.24) is 0 Å². The predicted octanol–water partition coefficient (Wildman–Crippen LogP) is 3.21. The Morgan fingerprint density at radius 2 is 1.88 bits per heavy atom. The van der Waals surface area contributed by atoms with Gasteiger partial charge in [-0.25, -0.2) is 0 Å². The van der Waals surface area contributed by atoms with Crippen LogP contribution in [0.25, 0.3) is 16.3 Å². The van der Waals surface area contributed by atoms with E-state index in [4.69, 9.17) is 10.5 Å². The van der Waals surface area contributed by atoms with E-state index in [9.17, 15) is 0 Å². The SMILES string of the molecule is COc1ccc2cc(C(C)=CCN)ccc2c1. The van der Waals surface area contributed by atoms with Crippen LogP contribution in [0.5, 0.6) is 5.75 Å². The van der Waals surface area contributed by atoms with Crippen LogP contribution in [-0.2, 0) is 0 Å². The quantitative estimate of drug-likeness (QED) is 0.873. The van der Waals surface area contributed by atoms with Gasteiger partial charge >= 0.3 is 0 Å². The smallest absolute Gasteiger partial charge is 0.119 e. The van der Waals surface area contributed by atoms with Crippen molar-refractivity contribution in [3.8, 4) is 5.75 Å². The van der Waals surface area contributed by atoms with E-state index in [1.54, 1.807) is 7.11 Å². The van der Waals surface area contributed by atoms with Gasteiger partial charge in [0.15, 0.2) is 0 Å². The second-order valence-electron chi connectivity index (χ2n) is 4.05. The fraction of sp³-hybridized carbons (Fsp3) is 0.200.